The van der Waals surface area contributed by atoms with Gasteiger partial charge in [-0.3, -0.25) is 19.3 Å². The van der Waals surface area contributed by atoms with Crippen molar-refractivity contribution in [3.63, 3.8) is 0 Å². The molecule has 0 bridgehead atoms. The molecule has 1 aliphatic heterocycles. The molecule has 1 unspecified atom stereocenters. The number of likely N-dealkylation sites (N-methyl/N-ethyl adjacent to an activating group) is 1. The summed E-state index contributed by atoms with van der Waals surface area (Å²) in [5.41, 5.74) is -2.37. The lowest BCUT2D eigenvalue weighted by atomic mass is 9.58. The molecule has 44 heavy (non-hydrogen) atoms. The number of nitrogens with two attached hydrogens (primary N) is 1. The molecule has 1 saturated heterocycles. The number of phenols is 1. The van der Waals surface area contributed by atoms with Crippen LogP contribution in [0.2, 0.25) is 0 Å². The fourth-order valence-electron chi connectivity index (χ4n) is 7.19. The van der Waals surface area contributed by atoms with Crippen LogP contribution in [0.15, 0.2) is 28.7 Å². The van der Waals surface area contributed by atoms with Crippen LogP contribution in [0.1, 0.15) is 39.5 Å². The molecule has 1 aromatic carbocycles. The molecule has 0 radical (unpaired) electrons. The van der Waals surface area contributed by atoms with Crippen LogP contribution in [-0.2, 0) is 32.2 Å². The second-order valence-corrected chi connectivity index (χ2v) is 13.8. The second kappa shape index (κ2) is 10.3. The van der Waals surface area contributed by atoms with E-state index in [1.54, 1.807) is 0 Å². The molecule has 0 spiro atoms. The molecule has 240 valence electrons. The molecular formula is C27H31F3N4O9S. The number of carbonyl (C=O) groups is 3. The largest absolute Gasteiger partial charge is 0.510 e. The van der Waals surface area contributed by atoms with Gasteiger partial charge in [0, 0.05) is 37.2 Å². The molecule has 4 aliphatic rings. The maximum atomic E-state index is 14.8. The minimum Gasteiger partial charge on any atom is -0.510 e. The van der Waals surface area contributed by atoms with Gasteiger partial charge in [0.25, 0.3) is 5.91 Å². The molecule has 7 N–H and O–H groups in total. The van der Waals surface area contributed by atoms with Gasteiger partial charge < -0.3 is 31.5 Å². The van der Waals surface area contributed by atoms with Gasteiger partial charge in [-0.05, 0) is 50.0 Å². The standard InChI is InChI=1S/C27H31F3N4O9S/c1-33(2)20-13-7-10-6-12-17(21(36)16(10)23(38)26(13,41)24(39)18(22(20)37)25(31)40)15(35)8-11(19(12)27(28,29)30)14-9-34(5-4-32-14)44(3,42)43/h8,10,13-14,20,32,35,37-38,41H,4-7,9H2,1-3H3,(H2,31,40)/t10-,13-,14?,20-,26-/m0/s1. The topological polar surface area (TPSA) is 211 Å². The van der Waals surface area contributed by atoms with Crippen molar-refractivity contribution >= 4 is 27.5 Å². The average molecular weight is 645 g/mol. The smallest absolute Gasteiger partial charge is 0.417 e. The molecule has 1 fully saturated rings. The third-order valence-electron chi connectivity index (χ3n) is 9.02. The summed E-state index contributed by atoms with van der Waals surface area (Å²) in [6, 6.07) is -1.79. The number of hydrogen-bond acceptors (Lipinski definition) is 11. The van der Waals surface area contributed by atoms with E-state index in [1.165, 1.54) is 19.0 Å². The quantitative estimate of drug-likeness (QED) is 0.241. The molecule has 17 heteroatoms. The number of amides is 1. The highest BCUT2D eigenvalue weighted by atomic mass is 32.2. The molecule has 13 nitrogen and oxygen atoms in total. The van der Waals surface area contributed by atoms with Gasteiger partial charge in [0.2, 0.25) is 15.8 Å². The van der Waals surface area contributed by atoms with E-state index < -0.39 is 127 Å². The highest BCUT2D eigenvalue weighted by Crippen LogP contribution is 2.54. The number of rotatable bonds is 4. The number of ketones is 2. The van der Waals surface area contributed by atoms with Crippen molar-refractivity contribution in [3.8, 4) is 5.75 Å². The van der Waals surface area contributed by atoms with Crippen LogP contribution >= 0.6 is 0 Å². The van der Waals surface area contributed by atoms with E-state index in [0.29, 0.717) is 0 Å². The number of aliphatic hydroxyl groups is 3. The number of aromatic hydroxyl groups is 1. The Hall–Kier alpha value is -3.51. The molecule has 3 aliphatic carbocycles. The Morgan fingerprint density at radius 1 is 1.20 bits per heavy atom. The van der Waals surface area contributed by atoms with Gasteiger partial charge in [-0.2, -0.15) is 17.5 Å². The fraction of sp³-hybridized carbons (Fsp3) is 0.519. The summed E-state index contributed by atoms with van der Waals surface area (Å²) in [4.78, 5) is 40.6. The zero-order chi connectivity index (χ0) is 32.8. The minimum atomic E-state index is -5.08. The fourth-order valence-corrected chi connectivity index (χ4v) is 8.04. The Bertz CT molecular complexity index is 1670. The van der Waals surface area contributed by atoms with Crippen LogP contribution in [-0.4, -0.2) is 107 Å². The first kappa shape index (κ1) is 31.9. The highest BCUT2D eigenvalue weighted by molar-refractivity contribution is 7.88. The van der Waals surface area contributed by atoms with Crippen LogP contribution in [0.5, 0.6) is 5.75 Å². The van der Waals surface area contributed by atoms with E-state index in [1.807, 2.05) is 0 Å². The second-order valence-electron chi connectivity index (χ2n) is 11.8. The van der Waals surface area contributed by atoms with Crippen LogP contribution in [0.3, 0.4) is 0 Å². The average Bonchev–Trinajstić information content (AvgIpc) is 2.89. The summed E-state index contributed by atoms with van der Waals surface area (Å²) < 4.78 is 69.7. The Morgan fingerprint density at radius 3 is 2.39 bits per heavy atom. The molecule has 5 rings (SSSR count). The number of nitrogens with zero attached hydrogens (tertiary/aromatic N) is 2. The number of carbonyl (C=O) groups excluding carboxylic acids is 3. The van der Waals surface area contributed by atoms with E-state index in [9.17, 15) is 56.4 Å². The van der Waals surface area contributed by atoms with Gasteiger partial charge >= 0.3 is 6.18 Å². The zero-order valence-corrected chi connectivity index (χ0v) is 24.6. The van der Waals surface area contributed by atoms with Crippen molar-refractivity contribution in [3.05, 3.63) is 51.0 Å². The summed E-state index contributed by atoms with van der Waals surface area (Å²) in [6.07, 6.45) is -5.12. The number of Topliss-reactive ketones (excluding diaryl/α,β-unsaturated/α-hetero) is 2. The van der Waals surface area contributed by atoms with Crippen LogP contribution < -0.4 is 11.1 Å². The first-order valence-electron chi connectivity index (χ1n) is 13.5. The van der Waals surface area contributed by atoms with Crippen LogP contribution in [0.25, 0.3) is 0 Å². The van der Waals surface area contributed by atoms with Crippen LogP contribution in [0.4, 0.5) is 13.2 Å². The van der Waals surface area contributed by atoms with Gasteiger partial charge in [-0.1, -0.05) is 0 Å². The van der Waals surface area contributed by atoms with E-state index >= 15 is 0 Å². The Kier molecular flexibility index (Phi) is 7.44. The summed E-state index contributed by atoms with van der Waals surface area (Å²) in [7, 11) is -0.914. The molecule has 5 atom stereocenters. The lowest BCUT2D eigenvalue weighted by Crippen LogP contribution is -2.63. The number of alkyl halides is 3. The first-order valence-corrected chi connectivity index (χ1v) is 15.4. The molecular weight excluding hydrogens is 613 g/mol. The summed E-state index contributed by atoms with van der Waals surface area (Å²) >= 11 is 0. The lowest BCUT2D eigenvalue weighted by Gasteiger charge is -2.50. The van der Waals surface area contributed by atoms with Gasteiger partial charge in [0.1, 0.15) is 22.8 Å². The number of allylic oxidation sites excluding steroid dienone is 1. The normalized spacial score (nSPS) is 29.9. The summed E-state index contributed by atoms with van der Waals surface area (Å²) in [6.45, 7) is -0.352. The number of halogens is 3. The third-order valence-corrected chi connectivity index (χ3v) is 10.3. The number of piperazine rings is 1. The predicted molar refractivity (Wildman–Crippen MR) is 146 cm³/mol. The predicted octanol–water partition coefficient (Wildman–Crippen LogP) is 0.0453. The SMILES string of the molecule is CN(C)[C@@H]1C(O)=C(C(N)=O)C(=O)[C@@]2(O)C(O)=C3C(=O)c4c(O)cc(C5CN(S(C)(=O)=O)CCN5)c(C(F)(F)F)c4C[C@H]3C[C@@H]12. The number of benzene rings is 1. The summed E-state index contributed by atoms with van der Waals surface area (Å²) in [5, 5.41) is 47.6. The number of primary amides is 1. The Labute approximate surface area is 249 Å². The van der Waals surface area contributed by atoms with Crippen LogP contribution in [0, 0.1) is 11.8 Å². The molecule has 0 aromatic heterocycles. The molecule has 1 aromatic rings. The van der Waals surface area contributed by atoms with Crippen molar-refractivity contribution in [2.24, 2.45) is 17.6 Å². The zero-order valence-electron chi connectivity index (χ0n) is 23.8. The van der Waals surface area contributed by atoms with Gasteiger partial charge in [-0.15, -0.1) is 0 Å². The number of nitrogens with one attached hydrogen (secondary N) is 1. The van der Waals surface area contributed by atoms with E-state index in [-0.39, 0.29) is 19.6 Å². The summed E-state index contributed by atoms with van der Waals surface area (Å²) in [5.74, 6) is -9.66. The van der Waals surface area contributed by atoms with E-state index in [0.717, 1.165) is 16.6 Å². The Balaban J connectivity index is 1.71. The third kappa shape index (κ3) is 4.60. The van der Waals surface area contributed by atoms with Crippen molar-refractivity contribution in [2.45, 2.75) is 36.7 Å². The lowest BCUT2D eigenvalue weighted by molar-refractivity contribution is -0.148. The van der Waals surface area contributed by atoms with Gasteiger partial charge in [-0.25, -0.2) is 8.42 Å². The monoisotopic (exact) mass is 644 g/mol. The van der Waals surface area contributed by atoms with Gasteiger partial charge in [0.05, 0.1) is 23.4 Å². The number of aliphatic hydroxyl groups excluding tert-OH is 2. The molecule has 1 amide bonds. The Morgan fingerprint density at radius 2 is 1.84 bits per heavy atom. The maximum absolute atomic E-state index is 14.8. The first-order chi connectivity index (χ1) is 20.2. The van der Waals surface area contributed by atoms with Crippen molar-refractivity contribution in [1.82, 2.24) is 14.5 Å². The number of hydrogen-bond donors (Lipinski definition) is 6. The van der Waals surface area contributed by atoms with Crippen molar-refractivity contribution < 1.29 is 56.4 Å². The minimum absolute atomic E-state index is 0.0103. The van der Waals surface area contributed by atoms with Crippen molar-refractivity contribution in [1.29, 1.82) is 0 Å². The van der Waals surface area contributed by atoms with E-state index in [4.69, 9.17) is 5.73 Å². The van der Waals surface area contributed by atoms with Crippen molar-refractivity contribution in [2.75, 3.05) is 40.0 Å². The molecule has 1 heterocycles. The number of fused-ring (bicyclic) bond motifs is 3. The molecule has 0 saturated carbocycles. The van der Waals surface area contributed by atoms with Gasteiger partial charge in [0.15, 0.2) is 11.4 Å². The van der Waals surface area contributed by atoms with E-state index in [2.05, 4.69) is 5.32 Å². The number of sulfonamides is 1. The number of phenolic OH excluding ortho intramolecular Hbond substituents is 1. The highest BCUT2D eigenvalue weighted by Gasteiger charge is 2.63. The maximum Gasteiger partial charge on any atom is 0.417 e.